The fourth-order valence-corrected chi connectivity index (χ4v) is 6.45. The van der Waals surface area contributed by atoms with Gasteiger partial charge in [0, 0.05) is 39.5 Å². The number of anilines is 1. The lowest BCUT2D eigenvalue weighted by atomic mass is 10.1. The van der Waals surface area contributed by atoms with Crippen LogP contribution in [0.25, 0.3) is 20.2 Å². The summed E-state index contributed by atoms with van der Waals surface area (Å²) >= 11 is 1.41. The summed E-state index contributed by atoms with van der Waals surface area (Å²) in [6.45, 7) is 3.71. The van der Waals surface area contributed by atoms with Crippen molar-refractivity contribution in [2.45, 2.75) is 31.3 Å². The van der Waals surface area contributed by atoms with E-state index in [0.717, 1.165) is 25.7 Å². The van der Waals surface area contributed by atoms with E-state index >= 15 is 0 Å². The maximum Gasteiger partial charge on any atom is 0.322 e. The smallest absolute Gasteiger partial charge is 0.322 e. The fraction of sp³-hybridized carbons (Fsp3) is 0.231. The molecular formula is C26H27N3O5S2. The summed E-state index contributed by atoms with van der Waals surface area (Å²) in [5, 5.41) is 14.1. The molecule has 0 saturated heterocycles. The number of fused-ring (bicyclic) bond motifs is 3. The summed E-state index contributed by atoms with van der Waals surface area (Å²) < 4.78 is 29.7. The Bertz CT molecular complexity index is 1530. The number of carbonyl (C=O) groups is 2. The van der Waals surface area contributed by atoms with Gasteiger partial charge in [-0.2, -0.15) is 4.72 Å². The number of rotatable bonds is 8. The summed E-state index contributed by atoms with van der Waals surface area (Å²) in [6, 6.07) is 18.6. The molecule has 3 N–H and O–H groups in total. The first-order valence-electron chi connectivity index (χ1n) is 11.3. The minimum Gasteiger partial charge on any atom is -0.480 e. The number of thiophene rings is 1. The molecule has 10 heteroatoms. The van der Waals surface area contributed by atoms with Gasteiger partial charge in [-0.25, -0.2) is 13.2 Å². The normalized spacial score (nSPS) is 12.7. The number of aliphatic carboxylic acids is 1. The molecule has 4 rings (SSSR count). The second-order valence-electron chi connectivity index (χ2n) is 8.83. The first-order valence-corrected chi connectivity index (χ1v) is 13.6. The number of hydrogen-bond donors (Lipinski definition) is 3. The van der Waals surface area contributed by atoms with E-state index < -0.39 is 28.0 Å². The highest BCUT2D eigenvalue weighted by Gasteiger charge is 2.28. The van der Waals surface area contributed by atoms with E-state index in [9.17, 15) is 23.1 Å². The molecule has 0 radical (unpaired) electrons. The van der Waals surface area contributed by atoms with E-state index in [1.54, 1.807) is 33.0 Å². The third-order valence-corrected chi connectivity index (χ3v) is 8.49. The molecule has 1 atom stereocenters. The van der Waals surface area contributed by atoms with Gasteiger partial charge in [0.05, 0.1) is 4.90 Å². The Morgan fingerprint density at radius 2 is 1.61 bits per heavy atom. The molecule has 0 aliphatic carbocycles. The van der Waals surface area contributed by atoms with E-state index in [1.165, 1.54) is 22.3 Å². The lowest BCUT2D eigenvalue weighted by Gasteiger charge is -2.18. The van der Waals surface area contributed by atoms with Gasteiger partial charge in [0.2, 0.25) is 10.0 Å². The largest absolute Gasteiger partial charge is 0.480 e. The Labute approximate surface area is 213 Å². The molecule has 8 nitrogen and oxygen atoms in total. The van der Waals surface area contributed by atoms with Crippen molar-refractivity contribution in [3.63, 3.8) is 0 Å². The maximum absolute atomic E-state index is 12.9. The number of hydrogen-bond acceptors (Lipinski definition) is 5. The highest BCUT2D eigenvalue weighted by Crippen LogP contribution is 2.37. The molecule has 0 bridgehead atoms. The monoisotopic (exact) mass is 525 g/mol. The van der Waals surface area contributed by atoms with Crippen LogP contribution in [0, 0.1) is 5.92 Å². The van der Waals surface area contributed by atoms with Crippen molar-refractivity contribution in [1.82, 2.24) is 10.0 Å². The molecule has 1 heterocycles. The number of sulfonamides is 1. The van der Waals surface area contributed by atoms with Crippen LogP contribution in [0.5, 0.6) is 0 Å². The zero-order valence-electron chi connectivity index (χ0n) is 20.1. The number of carbonyl (C=O) groups excluding carboxylic acids is 1. The van der Waals surface area contributed by atoms with Crippen LogP contribution in [0.15, 0.2) is 71.6 Å². The Kier molecular flexibility index (Phi) is 7.30. The van der Waals surface area contributed by atoms with E-state index in [1.807, 2.05) is 48.5 Å². The van der Waals surface area contributed by atoms with Crippen molar-refractivity contribution in [2.24, 2.45) is 5.92 Å². The van der Waals surface area contributed by atoms with Crippen molar-refractivity contribution in [1.29, 1.82) is 0 Å². The predicted octanol–water partition coefficient (Wildman–Crippen LogP) is 4.79. The number of nitrogens with one attached hydrogen (secondary N) is 2. The zero-order valence-corrected chi connectivity index (χ0v) is 21.7. The molecule has 188 valence electrons. The van der Waals surface area contributed by atoms with E-state index in [2.05, 4.69) is 10.0 Å². The van der Waals surface area contributed by atoms with Crippen molar-refractivity contribution < 1.29 is 23.1 Å². The molecule has 2 amide bonds. The molecule has 1 aromatic heterocycles. The minimum absolute atomic E-state index is 0.00564. The molecule has 0 fully saturated rings. The second-order valence-corrected chi connectivity index (χ2v) is 11.6. The molecule has 0 aliphatic rings. The summed E-state index contributed by atoms with van der Waals surface area (Å²) in [5.41, 5.74) is 1.71. The van der Waals surface area contributed by atoms with Crippen LogP contribution in [0.3, 0.4) is 0 Å². The van der Waals surface area contributed by atoms with Crippen LogP contribution in [0.2, 0.25) is 0 Å². The van der Waals surface area contributed by atoms with E-state index in [-0.39, 0.29) is 10.9 Å². The predicted molar refractivity (Wildman–Crippen MR) is 143 cm³/mol. The third-order valence-electron chi connectivity index (χ3n) is 5.93. The quantitative estimate of drug-likeness (QED) is 0.306. The number of urea groups is 1. The average molecular weight is 526 g/mol. The Balaban J connectivity index is 1.58. The lowest BCUT2D eigenvalue weighted by Crippen LogP contribution is -2.44. The summed E-state index contributed by atoms with van der Waals surface area (Å²) in [5.74, 6) is -1.63. The van der Waals surface area contributed by atoms with Gasteiger partial charge >= 0.3 is 12.0 Å². The topological polar surface area (TPSA) is 116 Å². The number of nitrogens with zero attached hydrogens (tertiary/aromatic N) is 1. The van der Waals surface area contributed by atoms with E-state index in [4.69, 9.17) is 0 Å². The van der Waals surface area contributed by atoms with Crippen molar-refractivity contribution in [3.8, 4) is 0 Å². The summed E-state index contributed by atoms with van der Waals surface area (Å²) in [7, 11) is -2.33. The zero-order chi connectivity index (χ0) is 26.0. The molecule has 0 saturated carbocycles. The lowest BCUT2D eigenvalue weighted by molar-refractivity contribution is -0.140. The minimum atomic E-state index is -4.03. The van der Waals surface area contributed by atoms with Crippen LogP contribution < -0.4 is 14.9 Å². The average Bonchev–Trinajstić information content (AvgIpc) is 3.22. The van der Waals surface area contributed by atoms with Gasteiger partial charge in [-0.1, -0.05) is 56.3 Å². The highest BCUT2D eigenvalue weighted by atomic mass is 32.2. The number of carboxylic acid groups (broad SMARTS) is 1. The van der Waals surface area contributed by atoms with Crippen molar-refractivity contribution in [2.75, 3.05) is 11.9 Å². The van der Waals surface area contributed by atoms with Gasteiger partial charge < -0.3 is 10.4 Å². The number of carboxylic acids is 1. The van der Waals surface area contributed by atoms with Gasteiger partial charge in [-0.3, -0.25) is 9.69 Å². The van der Waals surface area contributed by atoms with Crippen LogP contribution in [-0.2, 0) is 21.4 Å². The number of amides is 2. The SMILES string of the molecule is CC(C)[C@H](NS(=O)(=O)c1ccc2c(c1)sc1cc(N(C)C(=O)NCc3ccccc3)ccc12)C(=O)O. The molecule has 36 heavy (non-hydrogen) atoms. The number of benzene rings is 3. The molecule has 3 aromatic carbocycles. The van der Waals surface area contributed by atoms with Crippen molar-refractivity contribution >= 4 is 59.2 Å². The highest BCUT2D eigenvalue weighted by molar-refractivity contribution is 7.89. The molecule has 4 aromatic rings. The van der Waals surface area contributed by atoms with Crippen molar-refractivity contribution in [3.05, 3.63) is 72.3 Å². The fourth-order valence-electron chi connectivity index (χ4n) is 3.84. The van der Waals surface area contributed by atoms with Gasteiger partial charge in [-0.15, -0.1) is 11.3 Å². The maximum atomic E-state index is 12.9. The standard InChI is InChI=1S/C26H27N3O5S2/c1-16(2)24(25(30)31)28-36(33,34)19-10-12-21-20-11-9-18(13-22(20)35-23(21)14-19)29(3)26(32)27-15-17-7-5-4-6-8-17/h4-14,16,24,28H,15H2,1-3H3,(H,27,32)(H,30,31)/t24-/m0/s1. The molecular weight excluding hydrogens is 498 g/mol. The Hall–Kier alpha value is -3.47. The van der Waals surface area contributed by atoms with Gasteiger partial charge in [0.15, 0.2) is 0 Å². The second kappa shape index (κ2) is 10.3. The summed E-state index contributed by atoms with van der Waals surface area (Å²) in [4.78, 5) is 25.7. The Morgan fingerprint density at radius 3 is 2.25 bits per heavy atom. The summed E-state index contributed by atoms with van der Waals surface area (Å²) in [6.07, 6.45) is 0. The van der Waals surface area contributed by atoms with E-state index in [0.29, 0.717) is 12.2 Å². The van der Waals surface area contributed by atoms with Crippen LogP contribution in [-0.4, -0.2) is 38.6 Å². The van der Waals surface area contributed by atoms with Crippen LogP contribution >= 0.6 is 11.3 Å². The van der Waals surface area contributed by atoms with Crippen LogP contribution in [0.1, 0.15) is 19.4 Å². The molecule has 0 unspecified atom stereocenters. The van der Waals surface area contributed by atoms with Gasteiger partial charge in [-0.05, 0) is 35.7 Å². The third kappa shape index (κ3) is 5.35. The van der Waals surface area contributed by atoms with Gasteiger partial charge in [0.1, 0.15) is 6.04 Å². The molecule has 0 aliphatic heterocycles. The molecule has 0 spiro atoms. The van der Waals surface area contributed by atoms with Gasteiger partial charge in [0.25, 0.3) is 0 Å². The van der Waals surface area contributed by atoms with Crippen LogP contribution in [0.4, 0.5) is 10.5 Å². The Morgan fingerprint density at radius 1 is 0.972 bits per heavy atom. The first-order chi connectivity index (χ1) is 17.1. The first kappa shape index (κ1) is 25.6.